The van der Waals surface area contributed by atoms with Crippen molar-refractivity contribution >= 4 is 5.91 Å². The van der Waals surface area contributed by atoms with Gasteiger partial charge in [-0.3, -0.25) is 4.79 Å². The minimum absolute atomic E-state index is 0.0788. The quantitative estimate of drug-likeness (QED) is 0.649. The SMILES string of the molecule is CC(C)C(=O)NCC1CCO1. The number of ether oxygens (including phenoxy) is 1. The summed E-state index contributed by atoms with van der Waals surface area (Å²) in [5.41, 5.74) is 0. The number of carbonyl (C=O) groups excluding carboxylic acids is 1. The highest BCUT2D eigenvalue weighted by molar-refractivity contribution is 5.77. The molecular formula is C8H15NO2. The van der Waals surface area contributed by atoms with Crippen molar-refractivity contribution in [1.29, 1.82) is 0 Å². The lowest BCUT2D eigenvalue weighted by atomic mass is 10.1. The Kier molecular flexibility index (Phi) is 2.88. The normalized spacial score (nSPS) is 23.0. The third-order valence-electron chi connectivity index (χ3n) is 1.82. The highest BCUT2D eigenvalue weighted by atomic mass is 16.5. The Morgan fingerprint density at radius 1 is 1.73 bits per heavy atom. The lowest BCUT2D eigenvalue weighted by Gasteiger charge is -2.26. The Labute approximate surface area is 67.1 Å². The molecule has 1 saturated heterocycles. The molecule has 0 aromatic heterocycles. The van der Waals surface area contributed by atoms with Gasteiger partial charge in [-0.15, -0.1) is 0 Å². The fourth-order valence-corrected chi connectivity index (χ4v) is 0.864. The largest absolute Gasteiger partial charge is 0.376 e. The fourth-order valence-electron chi connectivity index (χ4n) is 0.864. The van der Waals surface area contributed by atoms with Gasteiger partial charge in [-0.2, -0.15) is 0 Å². The maximum atomic E-state index is 11.0. The van der Waals surface area contributed by atoms with E-state index in [9.17, 15) is 4.79 Å². The summed E-state index contributed by atoms with van der Waals surface area (Å²) in [7, 11) is 0. The molecule has 1 unspecified atom stereocenters. The Balaban J connectivity index is 2.06. The van der Waals surface area contributed by atoms with Gasteiger partial charge in [-0.25, -0.2) is 0 Å². The minimum Gasteiger partial charge on any atom is -0.376 e. The van der Waals surface area contributed by atoms with Gasteiger partial charge in [0.2, 0.25) is 5.91 Å². The van der Waals surface area contributed by atoms with E-state index in [0.717, 1.165) is 13.0 Å². The van der Waals surface area contributed by atoms with Gasteiger partial charge in [0.05, 0.1) is 6.10 Å². The summed E-state index contributed by atoms with van der Waals surface area (Å²) in [6.07, 6.45) is 1.36. The fraction of sp³-hybridized carbons (Fsp3) is 0.875. The first-order valence-electron chi connectivity index (χ1n) is 4.09. The highest BCUT2D eigenvalue weighted by Gasteiger charge is 2.18. The summed E-state index contributed by atoms with van der Waals surface area (Å²) in [6.45, 7) is 5.30. The van der Waals surface area contributed by atoms with Crippen molar-refractivity contribution in [1.82, 2.24) is 5.32 Å². The van der Waals surface area contributed by atoms with Crippen LogP contribution in [0.2, 0.25) is 0 Å². The standard InChI is InChI=1S/C8H15NO2/c1-6(2)8(10)9-5-7-3-4-11-7/h6-7H,3-5H2,1-2H3,(H,9,10). The Morgan fingerprint density at radius 2 is 2.36 bits per heavy atom. The van der Waals surface area contributed by atoms with E-state index < -0.39 is 0 Å². The topological polar surface area (TPSA) is 38.3 Å². The van der Waals surface area contributed by atoms with Gasteiger partial charge in [0, 0.05) is 19.1 Å². The van der Waals surface area contributed by atoms with E-state index in [1.54, 1.807) is 0 Å². The Morgan fingerprint density at radius 3 is 2.73 bits per heavy atom. The van der Waals surface area contributed by atoms with Crippen molar-refractivity contribution in [2.45, 2.75) is 26.4 Å². The molecule has 0 saturated carbocycles. The molecular weight excluding hydrogens is 142 g/mol. The van der Waals surface area contributed by atoms with Crippen molar-refractivity contribution in [2.24, 2.45) is 5.92 Å². The number of carbonyl (C=O) groups is 1. The number of nitrogens with one attached hydrogen (secondary N) is 1. The third-order valence-corrected chi connectivity index (χ3v) is 1.82. The number of rotatable bonds is 3. The molecule has 3 nitrogen and oxygen atoms in total. The van der Waals surface area contributed by atoms with Crippen LogP contribution in [0.25, 0.3) is 0 Å². The average molecular weight is 157 g/mol. The number of amides is 1. The molecule has 1 aliphatic rings. The maximum absolute atomic E-state index is 11.0. The van der Waals surface area contributed by atoms with Crippen molar-refractivity contribution in [3.8, 4) is 0 Å². The van der Waals surface area contributed by atoms with Crippen LogP contribution in [0.1, 0.15) is 20.3 Å². The van der Waals surface area contributed by atoms with Crippen LogP contribution in [0, 0.1) is 5.92 Å². The van der Waals surface area contributed by atoms with Crippen molar-refractivity contribution in [2.75, 3.05) is 13.2 Å². The van der Waals surface area contributed by atoms with Gasteiger partial charge in [-0.1, -0.05) is 13.8 Å². The van der Waals surface area contributed by atoms with Crippen LogP contribution in [0.5, 0.6) is 0 Å². The second-order valence-electron chi connectivity index (χ2n) is 3.18. The second-order valence-corrected chi connectivity index (χ2v) is 3.18. The summed E-state index contributed by atoms with van der Waals surface area (Å²) in [5.74, 6) is 0.190. The lowest BCUT2D eigenvalue weighted by molar-refractivity contribution is -0.126. The van der Waals surface area contributed by atoms with Crippen LogP contribution in [0.3, 0.4) is 0 Å². The lowest BCUT2D eigenvalue weighted by Crippen LogP contribution is -2.41. The molecule has 0 aromatic carbocycles. The monoisotopic (exact) mass is 157 g/mol. The molecule has 0 radical (unpaired) electrons. The van der Waals surface area contributed by atoms with E-state index in [0.29, 0.717) is 6.54 Å². The molecule has 3 heteroatoms. The summed E-state index contributed by atoms with van der Waals surface area (Å²) in [5, 5.41) is 2.82. The summed E-state index contributed by atoms with van der Waals surface area (Å²) in [6, 6.07) is 0. The molecule has 1 rings (SSSR count). The number of hydrogen-bond donors (Lipinski definition) is 1. The van der Waals surface area contributed by atoms with E-state index in [4.69, 9.17) is 4.74 Å². The molecule has 1 amide bonds. The molecule has 1 atom stereocenters. The first-order valence-corrected chi connectivity index (χ1v) is 4.09. The smallest absolute Gasteiger partial charge is 0.222 e. The van der Waals surface area contributed by atoms with E-state index in [-0.39, 0.29) is 17.9 Å². The molecule has 1 fully saturated rings. The summed E-state index contributed by atoms with van der Waals surface area (Å²) >= 11 is 0. The molecule has 0 aromatic rings. The molecule has 0 aliphatic carbocycles. The molecule has 1 N–H and O–H groups in total. The van der Waals surface area contributed by atoms with Gasteiger partial charge >= 0.3 is 0 Å². The Bertz CT molecular complexity index is 141. The van der Waals surface area contributed by atoms with Crippen LogP contribution in [-0.4, -0.2) is 25.2 Å². The molecule has 11 heavy (non-hydrogen) atoms. The van der Waals surface area contributed by atoms with Gasteiger partial charge in [-0.05, 0) is 6.42 Å². The predicted molar refractivity (Wildman–Crippen MR) is 42.2 cm³/mol. The first kappa shape index (κ1) is 8.53. The maximum Gasteiger partial charge on any atom is 0.222 e. The second kappa shape index (κ2) is 3.72. The van der Waals surface area contributed by atoms with Crippen LogP contribution >= 0.6 is 0 Å². The zero-order valence-corrected chi connectivity index (χ0v) is 7.09. The summed E-state index contributed by atoms with van der Waals surface area (Å²) in [4.78, 5) is 11.0. The van der Waals surface area contributed by atoms with Crippen LogP contribution in [0.15, 0.2) is 0 Å². The van der Waals surface area contributed by atoms with Gasteiger partial charge in [0.25, 0.3) is 0 Å². The first-order chi connectivity index (χ1) is 5.20. The molecule has 1 heterocycles. The van der Waals surface area contributed by atoms with Crippen LogP contribution in [-0.2, 0) is 9.53 Å². The van der Waals surface area contributed by atoms with Crippen molar-refractivity contribution in [3.63, 3.8) is 0 Å². The van der Waals surface area contributed by atoms with Gasteiger partial charge in [0.15, 0.2) is 0 Å². The van der Waals surface area contributed by atoms with E-state index in [1.807, 2.05) is 13.8 Å². The van der Waals surface area contributed by atoms with Crippen LogP contribution < -0.4 is 5.32 Å². The number of hydrogen-bond acceptors (Lipinski definition) is 2. The van der Waals surface area contributed by atoms with E-state index in [1.165, 1.54) is 0 Å². The molecule has 1 aliphatic heterocycles. The van der Waals surface area contributed by atoms with Gasteiger partial charge < -0.3 is 10.1 Å². The highest BCUT2D eigenvalue weighted by Crippen LogP contribution is 2.09. The minimum atomic E-state index is 0.0788. The zero-order valence-electron chi connectivity index (χ0n) is 7.09. The molecule has 0 bridgehead atoms. The van der Waals surface area contributed by atoms with E-state index >= 15 is 0 Å². The van der Waals surface area contributed by atoms with E-state index in [2.05, 4.69) is 5.32 Å². The van der Waals surface area contributed by atoms with Gasteiger partial charge in [0.1, 0.15) is 0 Å². The van der Waals surface area contributed by atoms with Crippen LogP contribution in [0.4, 0.5) is 0 Å². The van der Waals surface area contributed by atoms with Crippen molar-refractivity contribution in [3.05, 3.63) is 0 Å². The summed E-state index contributed by atoms with van der Waals surface area (Å²) < 4.78 is 5.15. The average Bonchev–Trinajstić information content (AvgIpc) is 1.83. The molecule has 64 valence electrons. The zero-order chi connectivity index (χ0) is 8.27. The predicted octanol–water partition coefficient (Wildman–Crippen LogP) is 0.547. The third kappa shape index (κ3) is 2.50. The van der Waals surface area contributed by atoms with Crippen molar-refractivity contribution < 1.29 is 9.53 Å². The molecule has 0 spiro atoms. The Hall–Kier alpha value is -0.570.